The third-order valence-corrected chi connectivity index (χ3v) is 5.43. The molecule has 0 aromatic heterocycles. The highest BCUT2D eigenvalue weighted by molar-refractivity contribution is 7.89. The summed E-state index contributed by atoms with van der Waals surface area (Å²) in [6.07, 6.45) is 0. The maximum atomic E-state index is 12.2. The molecule has 9 heteroatoms. The van der Waals surface area contributed by atoms with Gasteiger partial charge in [-0.3, -0.25) is 4.79 Å². The first-order chi connectivity index (χ1) is 9.92. The van der Waals surface area contributed by atoms with Crippen LogP contribution in [0.15, 0.2) is 23.1 Å². The van der Waals surface area contributed by atoms with Crippen molar-refractivity contribution in [3.8, 4) is 0 Å². The fraction of sp³-hybridized carbons (Fsp3) is 0.417. The van der Waals surface area contributed by atoms with Gasteiger partial charge in [-0.1, -0.05) is 29.3 Å². The molecule has 2 N–H and O–H groups in total. The Morgan fingerprint density at radius 3 is 2.38 bits per heavy atom. The second-order valence-electron chi connectivity index (χ2n) is 4.51. The molecule has 116 valence electrons. The number of hydrogen-bond acceptors (Lipinski definition) is 4. The van der Waals surface area contributed by atoms with Crippen LogP contribution in [0.2, 0.25) is 10.0 Å². The summed E-state index contributed by atoms with van der Waals surface area (Å²) in [5.74, 6) is -0.275. The molecule has 0 atom stereocenters. The number of benzene rings is 1. The lowest BCUT2D eigenvalue weighted by molar-refractivity contribution is -0.130. The Labute approximate surface area is 133 Å². The number of halogens is 2. The topological polar surface area (TPSA) is 78.5 Å². The molecule has 1 aliphatic rings. The first-order valence-electron chi connectivity index (χ1n) is 6.34. The summed E-state index contributed by atoms with van der Waals surface area (Å²) in [6.45, 7) is 2.22. The largest absolute Gasteiger partial charge is 0.339 e. The van der Waals surface area contributed by atoms with Gasteiger partial charge in [-0.15, -0.1) is 0 Å². The van der Waals surface area contributed by atoms with E-state index < -0.39 is 10.0 Å². The molecule has 0 unspecified atom stereocenters. The van der Waals surface area contributed by atoms with Crippen LogP contribution in [0.25, 0.3) is 0 Å². The maximum Gasteiger partial charge on any atom is 0.244 e. The van der Waals surface area contributed by atoms with E-state index in [2.05, 4.69) is 10.0 Å². The van der Waals surface area contributed by atoms with Crippen LogP contribution < -0.4 is 10.0 Å². The average Bonchev–Trinajstić information content (AvgIpc) is 2.45. The van der Waals surface area contributed by atoms with E-state index in [0.29, 0.717) is 26.2 Å². The molecule has 1 amide bonds. The highest BCUT2D eigenvalue weighted by Gasteiger charge is 2.24. The van der Waals surface area contributed by atoms with Gasteiger partial charge in [0.1, 0.15) is 4.90 Å². The van der Waals surface area contributed by atoms with Gasteiger partial charge in [0.05, 0.1) is 16.6 Å². The number of nitrogens with one attached hydrogen (secondary N) is 2. The first-order valence-corrected chi connectivity index (χ1v) is 8.58. The van der Waals surface area contributed by atoms with Crippen LogP contribution >= 0.6 is 23.2 Å². The summed E-state index contributed by atoms with van der Waals surface area (Å²) in [4.78, 5) is 13.3. The van der Waals surface area contributed by atoms with Crippen molar-refractivity contribution in [2.45, 2.75) is 4.90 Å². The van der Waals surface area contributed by atoms with Crippen LogP contribution in [0, 0.1) is 0 Å². The van der Waals surface area contributed by atoms with Crippen molar-refractivity contribution >= 4 is 39.1 Å². The monoisotopic (exact) mass is 351 g/mol. The van der Waals surface area contributed by atoms with Gasteiger partial charge in [0, 0.05) is 26.2 Å². The molecular formula is C12H15Cl2N3O3S. The Bertz CT molecular complexity index is 610. The van der Waals surface area contributed by atoms with E-state index in [0.717, 1.165) is 0 Å². The average molecular weight is 352 g/mol. The minimum Gasteiger partial charge on any atom is -0.339 e. The van der Waals surface area contributed by atoms with Crippen LogP contribution in [0.3, 0.4) is 0 Å². The van der Waals surface area contributed by atoms with Crippen molar-refractivity contribution in [2.24, 2.45) is 0 Å². The third kappa shape index (κ3) is 4.08. The van der Waals surface area contributed by atoms with Gasteiger partial charge >= 0.3 is 0 Å². The molecule has 6 nitrogen and oxygen atoms in total. The summed E-state index contributed by atoms with van der Waals surface area (Å²) in [5, 5.41) is 3.15. The van der Waals surface area contributed by atoms with Crippen molar-refractivity contribution in [2.75, 3.05) is 32.7 Å². The number of nitrogens with zero attached hydrogens (tertiary/aromatic N) is 1. The number of carbonyl (C=O) groups is 1. The second-order valence-corrected chi connectivity index (χ2v) is 7.02. The van der Waals surface area contributed by atoms with E-state index in [-0.39, 0.29) is 27.4 Å². The highest BCUT2D eigenvalue weighted by atomic mass is 35.5. The van der Waals surface area contributed by atoms with E-state index in [1.807, 2.05) is 0 Å². The number of amides is 1. The van der Waals surface area contributed by atoms with Gasteiger partial charge in [0.25, 0.3) is 0 Å². The summed E-state index contributed by atoms with van der Waals surface area (Å²) in [6, 6.07) is 4.41. The highest BCUT2D eigenvalue weighted by Crippen LogP contribution is 2.28. The van der Waals surface area contributed by atoms with Crippen molar-refractivity contribution in [3.63, 3.8) is 0 Å². The first kappa shape index (κ1) is 16.5. The quantitative estimate of drug-likeness (QED) is 0.836. The molecule has 0 radical (unpaired) electrons. The zero-order valence-corrected chi connectivity index (χ0v) is 13.4. The van der Waals surface area contributed by atoms with E-state index in [9.17, 15) is 13.2 Å². The lowest BCUT2D eigenvalue weighted by atomic mass is 10.3. The van der Waals surface area contributed by atoms with Gasteiger partial charge in [-0.05, 0) is 12.1 Å². The predicted octanol–water partition coefficient (Wildman–Crippen LogP) is 0.704. The molecule has 1 fully saturated rings. The zero-order chi connectivity index (χ0) is 15.5. The molecule has 0 bridgehead atoms. The van der Waals surface area contributed by atoms with E-state index in [1.165, 1.54) is 12.1 Å². The molecule has 0 spiro atoms. The molecule has 1 heterocycles. The summed E-state index contributed by atoms with van der Waals surface area (Å²) >= 11 is 11.7. The summed E-state index contributed by atoms with van der Waals surface area (Å²) < 4.78 is 26.6. The SMILES string of the molecule is O=C(CNS(=O)(=O)c1c(Cl)cccc1Cl)N1CCNCC1. The molecule has 1 saturated heterocycles. The zero-order valence-electron chi connectivity index (χ0n) is 11.1. The number of sulfonamides is 1. The van der Waals surface area contributed by atoms with Crippen molar-refractivity contribution in [1.29, 1.82) is 0 Å². The van der Waals surface area contributed by atoms with Crippen molar-refractivity contribution < 1.29 is 13.2 Å². The van der Waals surface area contributed by atoms with Crippen molar-refractivity contribution in [1.82, 2.24) is 14.9 Å². The van der Waals surface area contributed by atoms with Crippen LogP contribution in [-0.4, -0.2) is 51.9 Å². The predicted molar refractivity (Wildman–Crippen MR) is 81.1 cm³/mol. The molecule has 1 aliphatic heterocycles. The van der Waals surface area contributed by atoms with E-state index >= 15 is 0 Å². The minimum absolute atomic E-state index is 0.0182. The summed E-state index contributed by atoms with van der Waals surface area (Å²) in [5.41, 5.74) is 0. The minimum atomic E-state index is -3.93. The lowest BCUT2D eigenvalue weighted by Gasteiger charge is -2.27. The Kier molecular flexibility index (Phi) is 5.45. The molecular weight excluding hydrogens is 337 g/mol. The molecule has 21 heavy (non-hydrogen) atoms. The normalized spacial score (nSPS) is 16.0. The molecule has 0 aliphatic carbocycles. The van der Waals surface area contributed by atoms with Gasteiger partial charge in [-0.2, -0.15) is 0 Å². The van der Waals surface area contributed by atoms with Crippen LogP contribution in [-0.2, 0) is 14.8 Å². The second kappa shape index (κ2) is 6.93. The van der Waals surface area contributed by atoms with E-state index in [1.54, 1.807) is 11.0 Å². The lowest BCUT2D eigenvalue weighted by Crippen LogP contribution is -2.49. The molecule has 1 aromatic carbocycles. The van der Waals surface area contributed by atoms with Gasteiger partial charge in [0.2, 0.25) is 15.9 Å². The Morgan fingerprint density at radius 1 is 1.24 bits per heavy atom. The van der Waals surface area contributed by atoms with Gasteiger partial charge in [0.15, 0.2) is 0 Å². The maximum absolute atomic E-state index is 12.2. The smallest absolute Gasteiger partial charge is 0.244 e. The van der Waals surface area contributed by atoms with E-state index in [4.69, 9.17) is 23.2 Å². The van der Waals surface area contributed by atoms with Crippen LogP contribution in [0.1, 0.15) is 0 Å². The van der Waals surface area contributed by atoms with Gasteiger partial charge in [-0.25, -0.2) is 13.1 Å². The Hall–Kier alpha value is -0.860. The van der Waals surface area contributed by atoms with Crippen molar-refractivity contribution in [3.05, 3.63) is 28.2 Å². The Morgan fingerprint density at radius 2 is 1.81 bits per heavy atom. The summed E-state index contributed by atoms with van der Waals surface area (Å²) in [7, 11) is -3.93. The fourth-order valence-corrected chi connectivity index (χ4v) is 4.11. The third-order valence-electron chi connectivity index (χ3n) is 3.07. The van der Waals surface area contributed by atoms with Crippen LogP contribution in [0.4, 0.5) is 0 Å². The fourth-order valence-electron chi connectivity index (χ4n) is 1.99. The van der Waals surface area contributed by atoms with Crippen LogP contribution in [0.5, 0.6) is 0 Å². The standard InChI is InChI=1S/C12H15Cl2N3O3S/c13-9-2-1-3-10(14)12(9)21(19,20)16-8-11(18)17-6-4-15-5-7-17/h1-3,15-16H,4-8H2. The molecule has 2 rings (SSSR count). The molecule has 1 aromatic rings. The molecule has 0 saturated carbocycles. The number of rotatable bonds is 4. The Balaban J connectivity index is 2.06. The van der Waals surface area contributed by atoms with Gasteiger partial charge < -0.3 is 10.2 Å². The number of piperazine rings is 1. The number of hydrogen-bond donors (Lipinski definition) is 2. The number of carbonyl (C=O) groups excluding carboxylic acids is 1.